The normalized spacial score (nSPS) is 15.7. The molecule has 2 unspecified atom stereocenters. The van der Waals surface area contributed by atoms with Crippen LogP contribution in [0, 0.1) is 64.2 Å². The fourth-order valence-electron chi connectivity index (χ4n) is 13.3. The zero-order valence-corrected chi connectivity index (χ0v) is 74.8. The Kier molecular flexibility index (Phi) is 38.7. The van der Waals surface area contributed by atoms with Crippen LogP contribution >= 0.6 is 105 Å². The van der Waals surface area contributed by atoms with E-state index in [0.717, 1.165) is 124 Å². The van der Waals surface area contributed by atoms with E-state index in [1.54, 1.807) is 23.9 Å². The van der Waals surface area contributed by atoms with Crippen LogP contribution in [0.5, 0.6) is 0 Å². The molecule has 0 bridgehead atoms. The summed E-state index contributed by atoms with van der Waals surface area (Å²) in [4.78, 5) is 81.9. The van der Waals surface area contributed by atoms with E-state index in [1.807, 2.05) is 48.2 Å². The summed E-state index contributed by atoms with van der Waals surface area (Å²) in [5.41, 5.74) is 3.13. The molecule has 9 aromatic carbocycles. The first-order valence-electron chi connectivity index (χ1n) is 40.4. The number of aromatic amines is 1. The van der Waals surface area contributed by atoms with Gasteiger partial charge in [0.15, 0.2) is 17.5 Å². The first kappa shape index (κ1) is 98.0. The predicted octanol–water partition coefficient (Wildman–Crippen LogP) is 24.8. The molecule has 34 heteroatoms. The molecule has 0 spiro atoms. The number of pyridine rings is 1. The number of anilines is 5. The number of nitrogens with zero attached hydrogens (tertiary/aromatic N) is 1. The zero-order chi connectivity index (χ0) is 89.6. The maximum absolute atomic E-state index is 14.0. The van der Waals surface area contributed by atoms with Crippen molar-refractivity contribution in [1.82, 2.24) is 9.88 Å². The van der Waals surface area contributed by atoms with Gasteiger partial charge in [-0.1, -0.05) is 90.6 Å². The number of morpholine rings is 1. The number of H-pyrrole nitrogens is 1. The van der Waals surface area contributed by atoms with Crippen molar-refractivity contribution in [3.63, 3.8) is 0 Å². The highest BCUT2D eigenvalue weighted by molar-refractivity contribution is 8.00. The van der Waals surface area contributed by atoms with Gasteiger partial charge in [0.2, 0.25) is 0 Å². The standard InChI is InChI=1S/C20H21ClFNOS.C19H20ClFN2O2S.2C18H16ClF2NO2S.C17H15F3N2O2S/c21-18-12-16(9-10-19(18)22)23-20(24)15-7-4-8-17(11-15)25-13-14-5-2-1-3-6-14;20-17-13-15(4-5-18(17)21)22-19(24)14-2-1-3-16(12-14)26-11-8-23-6-9-25-10-7-23;19-14-8-13(2-4-15(14)20)22-18(23)12-1-3-16(21)17(7-12)25-10-11-5-6-24-9-11;19-14-9-12(4-6-15(14)20)22-18(23)11-3-5-16(21)17(8-11)25-10-13-2-1-7-24-13;18-12-6-10(7-13(19)15(12)20)22-16(23)9-5-14(17(24)21-8-9)25-11-3-1-2-4-11/h4,7-12,14H,1-3,5-6,13H2,(H,23,24);1-5,12-13H,6-11H2,(H,22,24);1-4,7-8,11H,5-6,9-10H2,(H,22,23);3-6,8-9,13H,1-2,7,10H2,(H,22,23);5-8,11H,1-4H2,(H,21,24)(H,22,23). The van der Waals surface area contributed by atoms with Gasteiger partial charge in [-0.25, -0.2) is 39.5 Å². The molecule has 5 fully saturated rings. The molecule has 666 valence electrons. The summed E-state index contributed by atoms with van der Waals surface area (Å²) in [7, 11) is 0. The Morgan fingerprint density at radius 1 is 0.389 bits per heavy atom. The smallest absolute Gasteiger partial charge is 0.261 e. The lowest BCUT2D eigenvalue weighted by Gasteiger charge is -2.26. The molecule has 6 N–H and O–H groups in total. The van der Waals surface area contributed by atoms with Gasteiger partial charge in [0.05, 0.1) is 56.5 Å². The molecule has 5 amide bonds. The number of ether oxygens (including phenoxy) is 3. The average molecular weight is 1910 g/mol. The Labute approximate surface area is 764 Å². The van der Waals surface area contributed by atoms with Crippen LogP contribution in [0.1, 0.15) is 129 Å². The second-order valence-corrected chi connectivity index (χ2v) is 37.0. The predicted molar refractivity (Wildman–Crippen MR) is 487 cm³/mol. The van der Waals surface area contributed by atoms with E-state index in [1.165, 1.54) is 189 Å². The van der Waals surface area contributed by atoms with Crippen molar-refractivity contribution in [1.29, 1.82) is 0 Å². The molecular formula is C92H88Cl4F9N7O9S5. The number of carbonyl (C=O) groups excluding carboxylic acids is 5. The number of thioether (sulfide) groups is 5. The molecule has 4 heterocycles. The van der Waals surface area contributed by atoms with E-state index in [0.29, 0.717) is 95.4 Å². The van der Waals surface area contributed by atoms with Crippen LogP contribution in [0.25, 0.3) is 0 Å². The Morgan fingerprint density at radius 2 is 0.825 bits per heavy atom. The van der Waals surface area contributed by atoms with Crippen LogP contribution in [0.3, 0.4) is 0 Å². The van der Waals surface area contributed by atoms with Crippen molar-refractivity contribution >= 4 is 163 Å². The highest BCUT2D eigenvalue weighted by atomic mass is 35.5. The molecule has 0 radical (unpaired) electrons. The number of amides is 5. The SMILES string of the molecule is O=C(Nc1cc(F)c(F)c(F)c1)c1c[nH]c(=O)c(SC2CCCC2)c1.O=C(Nc1ccc(F)c(Cl)c1)c1ccc(F)c(SCC2CCCO2)c1.O=C(Nc1ccc(F)c(Cl)c1)c1ccc(F)c(SCC2CCOC2)c1.O=C(Nc1ccc(F)c(Cl)c1)c1cccc(SCC2CCCCC2)c1.O=C(Nc1ccc(F)c(Cl)c1)c1cccc(SCCN2CCOCC2)c1. The highest BCUT2D eigenvalue weighted by Crippen LogP contribution is 2.37. The van der Waals surface area contributed by atoms with Crippen LogP contribution in [0.2, 0.25) is 20.1 Å². The Morgan fingerprint density at radius 3 is 1.29 bits per heavy atom. The molecule has 1 aromatic heterocycles. The van der Waals surface area contributed by atoms with E-state index in [-0.39, 0.29) is 66.5 Å². The maximum atomic E-state index is 14.0. The summed E-state index contributed by atoms with van der Waals surface area (Å²) in [6.07, 6.45) is 15.3. The van der Waals surface area contributed by atoms with Crippen LogP contribution in [0.15, 0.2) is 211 Å². The van der Waals surface area contributed by atoms with Gasteiger partial charge in [-0.15, -0.1) is 58.8 Å². The quantitative estimate of drug-likeness (QED) is 0.0179. The molecule has 16 nitrogen and oxygen atoms in total. The lowest BCUT2D eigenvalue weighted by Crippen LogP contribution is -2.37. The van der Waals surface area contributed by atoms with Crippen LogP contribution in [-0.2, 0) is 14.2 Å². The van der Waals surface area contributed by atoms with Gasteiger partial charge in [-0.3, -0.25) is 33.7 Å². The lowest BCUT2D eigenvalue weighted by molar-refractivity contribution is 0.0410. The molecule has 2 aliphatic carbocycles. The van der Waals surface area contributed by atoms with Crippen LogP contribution in [0.4, 0.5) is 68.0 Å². The van der Waals surface area contributed by atoms with Gasteiger partial charge in [0, 0.05) is 150 Å². The molecule has 3 aliphatic heterocycles. The molecule has 126 heavy (non-hydrogen) atoms. The highest BCUT2D eigenvalue weighted by Gasteiger charge is 2.25. The first-order valence-corrected chi connectivity index (χ1v) is 46.8. The third-order valence-corrected chi connectivity index (χ3v) is 27.3. The molecule has 3 saturated heterocycles. The van der Waals surface area contributed by atoms with Crippen molar-refractivity contribution in [3.8, 4) is 0 Å². The number of hydrogen-bond acceptors (Lipinski definition) is 15. The van der Waals surface area contributed by atoms with E-state index in [4.69, 9.17) is 60.6 Å². The summed E-state index contributed by atoms with van der Waals surface area (Å²) < 4.78 is 136. The fraction of sp³-hybridized carbons (Fsp3) is 0.304. The number of halogens is 13. The van der Waals surface area contributed by atoms with Gasteiger partial charge in [0.25, 0.3) is 35.1 Å². The molecule has 5 aliphatic rings. The van der Waals surface area contributed by atoms with Gasteiger partial charge in [-0.2, -0.15) is 0 Å². The number of nitrogens with one attached hydrogen (secondary N) is 6. The third-order valence-electron chi connectivity index (χ3n) is 20.2. The molecule has 15 rings (SSSR count). The second-order valence-electron chi connectivity index (χ2n) is 29.6. The number of carbonyl (C=O) groups is 5. The molecular weight excluding hydrogens is 1820 g/mol. The summed E-state index contributed by atoms with van der Waals surface area (Å²) >= 11 is 30.6. The molecule has 2 atom stereocenters. The Bertz CT molecular complexity index is 5330. The summed E-state index contributed by atoms with van der Waals surface area (Å²) in [5, 5.41) is 13.2. The average Bonchev–Trinajstić information content (AvgIpc) is 0.813. The minimum absolute atomic E-state index is 0.00501. The number of hydrogen-bond donors (Lipinski definition) is 6. The number of aromatic nitrogens is 1. The minimum Gasteiger partial charge on any atom is -0.381 e. The summed E-state index contributed by atoms with van der Waals surface area (Å²) in [5.74, 6) is -4.54. The Hall–Kier alpha value is -8.60. The van der Waals surface area contributed by atoms with Gasteiger partial charge in [-0.05, 0) is 208 Å². The summed E-state index contributed by atoms with van der Waals surface area (Å²) in [6, 6.07) is 42.5. The first-order chi connectivity index (χ1) is 60.7. The van der Waals surface area contributed by atoms with Crippen molar-refractivity contribution in [3.05, 3.63) is 293 Å². The number of rotatable bonds is 25. The van der Waals surface area contributed by atoms with E-state index in [9.17, 15) is 68.3 Å². The van der Waals surface area contributed by atoms with Gasteiger partial charge in [0.1, 0.15) is 34.9 Å². The van der Waals surface area contributed by atoms with E-state index >= 15 is 0 Å². The third kappa shape index (κ3) is 31.1. The molecule has 2 saturated carbocycles. The van der Waals surface area contributed by atoms with Crippen LogP contribution < -0.4 is 32.1 Å². The van der Waals surface area contributed by atoms with Crippen molar-refractivity contribution in [2.24, 2.45) is 11.8 Å². The van der Waals surface area contributed by atoms with Gasteiger partial charge >= 0.3 is 0 Å². The number of benzene rings is 9. The largest absolute Gasteiger partial charge is 0.381 e. The van der Waals surface area contributed by atoms with Crippen molar-refractivity contribution in [2.75, 3.05) is 102 Å². The second kappa shape index (κ2) is 49.8. The van der Waals surface area contributed by atoms with Crippen LogP contribution in [-0.4, -0.2) is 126 Å². The minimum atomic E-state index is -1.60. The van der Waals surface area contributed by atoms with Crippen molar-refractivity contribution < 1.29 is 77.7 Å². The monoisotopic (exact) mass is 1910 g/mol. The topological polar surface area (TPSA) is 209 Å². The lowest BCUT2D eigenvalue weighted by atomic mass is 9.91. The maximum Gasteiger partial charge on any atom is 0.261 e. The van der Waals surface area contributed by atoms with Crippen molar-refractivity contribution in [2.45, 2.75) is 113 Å². The molecule has 10 aromatic rings. The zero-order valence-electron chi connectivity index (χ0n) is 67.7. The summed E-state index contributed by atoms with van der Waals surface area (Å²) in [6.45, 7) is 6.74. The fourth-order valence-corrected chi connectivity index (χ4v) is 19.6. The Balaban J connectivity index is 0.000000153. The van der Waals surface area contributed by atoms with E-state index in [2.05, 4.69) is 36.5 Å². The van der Waals surface area contributed by atoms with E-state index < -0.39 is 58.4 Å². The van der Waals surface area contributed by atoms with Gasteiger partial charge < -0.3 is 45.8 Å².